The van der Waals surface area contributed by atoms with Gasteiger partial charge < -0.3 is 10.1 Å². The number of hydrogen-bond acceptors (Lipinski definition) is 3. The quantitative estimate of drug-likeness (QED) is 0.771. The Kier molecular flexibility index (Phi) is 5.07. The summed E-state index contributed by atoms with van der Waals surface area (Å²) in [7, 11) is 0. The zero-order chi connectivity index (χ0) is 11.2. The molecule has 0 aromatic rings. The topological polar surface area (TPSA) is 24.5 Å². The minimum Gasteiger partial charge on any atom is -0.377 e. The van der Waals surface area contributed by atoms with Crippen LogP contribution in [0, 0.1) is 0 Å². The number of likely N-dealkylation sites (tertiary alicyclic amines) is 1. The van der Waals surface area contributed by atoms with Gasteiger partial charge in [-0.3, -0.25) is 4.90 Å². The van der Waals surface area contributed by atoms with Crippen molar-refractivity contribution in [2.45, 2.75) is 51.2 Å². The van der Waals surface area contributed by atoms with Crippen molar-refractivity contribution in [2.75, 3.05) is 32.8 Å². The van der Waals surface area contributed by atoms with Crippen molar-refractivity contribution in [3.05, 3.63) is 0 Å². The second-order valence-corrected chi connectivity index (χ2v) is 5.07. The molecule has 0 radical (unpaired) electrons. The summed E-state index contributed by atoms with van der Waals surface area (Å²) in [5, 5.41) is 3.59. The smallest absolute Gasteiger partial charge is 0.0699 e. The average molecular weight is 226 g/mol. The molecular formula is C13H26N2O. The van der Waals surface area contributed by atoms with E-state index in [4.69, 9.17) is 4.74 Å². The summed E-state index contributed by atoms with van der Waals surface area (Å²) in [4.78, 5) is 2.59. The maximum absolute atomic E-state index is 5.72. The van der Waals surface area contributed by atoms with Crippen LogP contribution in [-0.4, -0.2) is 49.8 Å². The Labute approximate surface area is 99.5 Å². The van der Waals surface area contributed by atoms with Gasteiger partial charge in [-0.25, -0.2) is 0 Å². The van der Waals surface area contributed by atoms with Gasteiger partial charge in [-0.15, -0.1) is 0 Å². The zero-order valence-corrected chi connectivity index (χ0v) is 10.6. The molecule has 0 amide bonds. The van der Waals surface area contributed by atoms with Gasteiger partial charge in [0.1, 0.15) is 0 Å². The number of hydrogen-bond donors (Lipinski definition) is 1. The van der Waals surface area contributed by atoms with Crippen LogP contribution < -0.4 is 5.32 Å². The first kappa shape index (κ1) is 12.3. The Morgan fingerprint density at radius 2 is 2.12 bits per heavy atom. The van der Waals surface area contributed by atoms with Crippen LogP contribution in [0.4, 0.5) is 0 Å². The maximum atomic E-state index is 5.72. The van der Waals surface area contributed by atoms with E-state index in [1.165, 1.54) is 45.2 Å². The molecule has 2 atom stereocenters. The van der Waals surface area contributed by atoms with Crippen molar-refractivity contribution in [3.8, 4) is 0 Å². The molecule has 94 valence electrons. The number of nitrogens with one attached hydrogen (secondary N) is 1. The van der Waals surface area contributed by atoms with Crippen LogP contribution in [0.2, 0.25) is 0 Å². The van der Waals surface area contributed by atoms with Crippen LogP contribution >= 0.6 is 0 Å². The van der Waals surface area contributed by atoms with Gasteiger partial charge in [0.25, 0.3) is 0 Å². The van der Waals surface area contributed by atoms with Gasteiger partial charge >= 0.3 is 0 Å². The molecule has 0 saturated carbocycles. The normalized spacial score (nSPS) is 32.1. The molecule has 2 aliphatic heterocycles. The molecule has 0 aromatic heterocycles. The first-order chi connectivity index (χ1) is 7.90. The Morgan fingerprint density at radius 1 is 1.19 bits per heavy atom. The van der Waals surface area contributed by atoms with Gasteiger partial charge in [-0.05, 0) is 45.2 Å². The van der Waals surface area contributed by atoms with Crippen LogP contribution in [0.1, 0.15) is 39.0 Å². The summed E-state index contributed by atoms with van der Waals surface area (Å²) in [6.45, 7) is 7.93. The van der Waals surface area contributed by atoms with Crippen molar-refractivity contribution in [1.29, 1.82) is 0 Å². The lowest BCUT2D eigenvalue weighted by molar-refractivity contribution is 0.0163. The molecule has 2 aliphatic rings. The van der Waals surface area contributed by atoms with Crippen molar-refractivity contribution in [2.24, 2.45) is 0 Å². The highest BCUT2D eigenvalue weighted by Gasteiger charge is 2.22. The number of ether oxygens (including phenoxy) is 1. The molecule has 0 aromatic carbocycles. The van der Waals surface area contributed by atoms with Gasteiger partial charge in [-0.1, -0.05) is 6.92 Å². The fourth-order valence-corrected chi connectivity index (χ4v) is 2.92. The Balaban J connectivity index is 1.59. The van der Waals surface area contributed by atoms with E-state index in [0.717, 1.165) is 25.7 Å². The summed E-state index contributed by atoms with van der Waals surface area (Å²) in [6, 6.07) is 0.772. The molecule has 3 heteroatoms. The van der Waals surface area contributed by atoms with Crippen LogP contribution in [-0.2, 0) is 4.74 Å². The van der Waals surface area contributed by atoms with E-state index >= 15 is 0 Å². The van der Waals surface area contributed by atoms with Crippen LogP contribution in [0.25, 0.3) is 0 Å². The van der Waals surface area contributed by atoms with E-state index in [9.17, 15) is 0 Å². The summed E-state index contributed by atoms with van der Waals surface area (Å²) in [6.07, 6.45) is 7.06. The van der Waals surface area contributed by atoms with E-state index in [2.05, 4.69) is 17.1 Å². The zero-order valence-electron chi connectivity index (χ0n) is 10.6. The van der Waals surface area contributed by atoms with Crippen LogP contribution in [0.15, 0.2) is 0 Å². The highest BCUT2D eigenvalue weighted by Crippen LogP contribution is 2.16. The van der Waals surface area contributed by atoms with E-state index in [0.29, 0.717) is 6.10 Å². The molecule has 2 saturated heterocycles. The monoisotopic (exact) mass is 226 g/mol. The van der Waals surface area contributed by atoms with E-state index in [1.807, 2.05) is 0 Å². The highest BCUT2D eigenvalue weighted by molar-refractivity contribution is 4.80. The first-order valence-corrected chi connectivity index (χ1v) is 6.96. The average Bonchev–Trinajstić information content (AvgIpc) is 2.78. The van der Waals surface area contributed by atoms with Gasteiger partial charge in [0, 0.05) is 25.7 Å². The fraction of sp³-hybridized carbons (Fsp3) is 1.00. The van der Waals surface area contributed by atoms with Gasteiger partial charge in [-0.2, -0.15) is 0 Å². The third kappa shape index (κ3) is 3.44. The predicted molar refractivity (Wildman–Crippen MR) is 66.7 cm³/mol. The van der Waals surface area contributed by atoms with E-state index in [-0.39, 0.29) is 0 Å². The third-order valence-corrected chi connectivity index (χ3v) is 3.93. The second-order valence-electron chi connectivity index (χ2n) is 5.07. The summed E-state index contributed by atoms with van der Waals surface area (Å²) < 4.78 is 5.72. The number of likely N-dealkylation sites (N-methyl/N-ethyl adjacent to an activating group) is 1. The fourth-order valence-electron chi connectivity index (χ4n) is 2.92. The molecule has 1 N–H and O–H groups in total. The van der Waals surface area contributed by atoms with E-state index in [1.54, 1.807) is 0 Å². The Hall–Kier alpha value is -0.120. The second kappa shape index (κ2) is 6.58. The Morgan fingerprint density at radius 3 is 2.88 bits per heavy atom. The largest absolute Gasteiger partial charge is 0.377 e. The molecule has 0 spiro atoms. The molecule has 2 rings (SSSR count). The Bertz CT molecular complexity index is 192. The van der Waals surface area contributed by atoms with Gasteiger partial charge in [0.15, 0.2) is 0 Å². The number of nitrogens with zero attached hydrogens (tertiary/aromatic N) is 1. The third-order valence-electron chi connectivity index (χ3n) is 3.93. The molecule has 0 bridgehead atoms. The van der Waals surface area contributed by atoms with Crippen LogP contribution in [0.5, 0.6) is 0 Å². The van der Waals surface area contributed by atoms with Gasteiger partial charge in [0.2, 0.25) is 0 Å². The van der Waals surface area contributed by atoms with Gasteiger partial charge in [0.05, 0.1) is 6.10 Å². The highest BCUT2D eigenvalue weighted by atomic mass is 16.5. The lowest BCUT2D eigenvalue weighted by Crippen LogP contribution is -2.41. The molecule has 2 fully saturated rings. The maximum Gasteiger partial charge on any atom is 0.0699 e. The molecule has 3 nitrogen and oxygen atoms in total. The summed E-state index contributed by atoms with van der Waals surface area (Å²) in [5.74, 6) is 0. The predicted octanol–water partition coefficient (Wildman–Crippen LogP) is 1.63. The molecular weight excluding hydrogens is 200 g/mol. The van der Waals surface area contributed by atoms with Crippen molar-refractivity contribution >= 4 is 0 Å². The standard InChI is InChI=1S/C13H26N2O/c1-2-15-8-5-6-12(15)10-14-11-13-7-3-4-9-16-13/h12-14H,2-11H2,1H3. The van der Waals surface area contributed by atoms with Crippen molar-refractivity contribution in [1.82, 2.24) is 10.2 Å². The molecule has 2 unspecified atom stereocenters. The van der Waals surface area contributed by atoms with Crippen molar-refractivity contribution < 1.29 is 4.74 Å². The number of rotatable bonds is 5. The lowest BCUT2D eigenvalue weighted by atomic mass is 10.1. The minimum atomic E-state index is 0.477. The minimum absolute atomic E-state index is 0.477. The molecule has 16 heavy (non-hydrogen) atoms. The first-order valence-electron chi connectivity index (χ1n) is 6.96. The SMILES string of the molecule is CCN1CCCC1CNCC1CCCCO1. The van der Waals surface area contributed by atoms with E-state index < -0.39 is 0 Å². The molecule has 0 aliphatic carbocycles. The summed E-state index contributed by atoms with van der Waals surface area (Å²) in [5.41, 5.74) is 0. The van der Waals surface area contributed by atoms with Crippen LogP contribution in [0.3, 0.4) is 0 Å². The summed E-state index contributed by atoms with van der Waals surface area (Å²) >= 11 is 0. The lowest BCUT2D eigenvalue weighted by Gasteiger charge is -2.26. The molecule has 2 heterocycles. The van der Waals surface area contributed by atoms with Crippen molar-refractivity contribution in [3.63, 3.8) is 0 Å².